The summed E-state index contributed by atoms with van der Waals surface area (Å²) in [4.78, 5) is 15.0. The normalized spacial score (nSPS) is 12.7. The quantitative estimate of drug-likeness (QED) is 0.558. The SMILES string of the molecule is Cc1nn(-c2ccccc2)c(C)c1NC(=O)CCN(C)C(C)c1ccc(S(C)(=O)=O)cc1. The zero-order chi connectivity index (χ0) is 23.5. The van der Waals surface area contributed by atoms with Crippen molar-refractivity contribution in [2.24, 2.45) is 0 Å². The number of hydrogen-bond acceptors (Lipinski definition) is 5. The maximum absolute atomic E-state index is 12.6. The number of carbonyl (C=O) groups excluding carboxylic acids is 1. The van der Waals surface area contributed by atoms with Crippen LogP contribution in [0, 0.1) is 13.8 Å². The summed E-state index contributed by atoms with van der Waals surface area (Å²) in [5.74, 6) is -0.0738. The van der Waals surface area contributed by atoms with Crippen molar-refractivity contribution in [2.45, 2.75) is 38.1 Å². The zero-order valence-electron chi connectivity index (χ0n) is 19.2. The van der Waals surface area contributed by atoms with Crippen molar-refractivity contribution in [3.05, 3.63) is 71.5 Å². The summed E-state index contributed by atoms with van der Waals surface area (Å²) in [6.07, 6.45) is 1.53. The molecule has 170 valence electrons. The van der Waals surface area contributed by atoms with Crippen molar-refractivity contribution in [3.63, 3.8) is 0 Å². The van der Waals surface area contributed by atoms with Crippen LogP contribution in [-0.2, 0) is 14.6 Å². The van der Waals surface area contributed by atoms with Crippen molar-refractivity contribution in [3.8, 4) is 5.69 Å². The van der Waals surface area contributed by atoms with Crippen molar-refractivity contribution < 1.29 is 13.2 Å². The second-order valence-corrected chi connectivity index (χ2v) is 10.1. The Morgan fingerprint density at radius 1 is 1.09 bits per heavy atom. The van der Waals surface area contributed by atoms with Crippen LogP contribution in [0.1, 0.15) is 36.3 Å². The number of sulfone groups is 1. The first-order chi connectivity index (χ1) is 15.1. The minimum Gasteiger partial charge on any atom is -0.323 e. The number of carbonyl (C=O) groups is 1. The number of aryl methyl sites for hydroxylation is 1. The number of para-hydroxylation sites is 1. The lowest BCUT2D eigenvalue weighted by Gasteiger charge is -2.25. The third-order valence-corrected chi connectivity index (χ3v) is 6.83. The van der Waals surface area contributed by atoms with Gasteiger partial charge in [0.15, 0.2) is 9.84 Å². The lowest BCUT2D eigenvalue weighted by atomic mass is 10.1. The van der Waals surface area contributed by atoms with Gasteiger partial charge in [0, 0.05) is 25.3 Å². The van der Waals surface area contributed by atoms with E-state index in [2.05, 4.69) is 15.3 Å². The van der Waals surface area contributed by atoms with E-state index in [-0.39, 0.29) is 11.9 Å². The van der Waals surface area contributed by atoms with Crippen LogP contribution in [0.15, 0.2) is 59.5 Å². The van der Waals surface area contributed by atoms with Gasteiger partial charge in [-0.3, -0.25) is 9.69 Å². The Labute approximate surface area is 190 Å². The molecule has 2 aromatic carbocycles. The summed E-state index contributed by atoms with van der Waals surface area (Å²) in [6, 6.07) is 16.7. The number of nitrogens with one attached hydrogen (secondary N) is 1. The summed E-state index contributed by atoms with van der Waals surface area (Å²) in [6.45, 7) is 6.42. The predicted molar refractivity (Wildman–Crippen MR) is 127 cm³/mol. The molecular weight excluding hydrogens is 424 g/mol. The number of benzene rings is 2. The van der Waals surface area contributed by atoms with Crippen LogP contribution >= 0.6 is 0 Å². The molecule has 0 saturated carbocycles. The largest absolute Gasteiger partial charge is 0.323 e. The molecule has 1 heterocycles. The highest BCUT2D eigenvalue weighted by atomic mass is 32.2. The van der Waals surface area contributed by atoms with Crippen molar-refractivity contribution in [1.82, 2.24) is 14.7 Å². The van der Waals surface area contributed by atoms with Crippen molar-refractivity contribution in [2.75, 3.05) is 25.2 Å². The molecule has 3 aromatic rings. The molecule has 0 bridgehead atoms. The Bertz CT molecular complexity index is 1190. The number of amides is 1. The average molecular weight is 455 g/mol. The molecule has 1 amide bonds. The fourth-order valence-electron chi connectivity index (χ4n) is 3.57. The predicted octanol–water partition coefficient (Wildman–Crippen LogP) is 3.91. The topological polar surface area (TPSA) is 84.3 Å². The van der Waals surface area contributed by atoms with Gasteiger partial charge in [-0.25, -0.2) is 13.1 Å². The Hall–Kier alpha value is -2.97. The highest BCUT2D eigenvalue weighted by molar-refractivity contribution is 7.90. The first-order valence-electron chi connectivity index (χ1n) is 10.5. The van der Waals surface area contributed by atoms with Gasteiger partial charge in [0.1, 0.15) is 0 Å². The maximum atomic E-state index is 12.6. The minimum absolute atomic E-state index is 0.0423. The average Bonchev–Trinajstić information content (AvgIpc) is 3.05. The minimum atomic E-state index is -3.21. The Kier molecular flexibility index (Phi) is 7.16. The zero-order valence-corrected chi connectivity index (χ0v) is 20.0. The molecule has 1 N–H and O–H groups in total. The van der Waals surface area contributed by atoms with Crippen LogP contribution in [0.5, 0.6) is 0 Å². The molecule has 32 heavy (non-hydrogen) atoms. The lowest BCUT2D eigenvalue weighted by Crippen LogP contribution is -2.27. The van der Waals surface area contributed by atoms with E-state index in [1.807, 2.05) is 75.0 Å². The number of aromatic nitrogens is 2. The van der Waals surface area contributed by atoms with Crippen LogP contribution < -0.4 is 5.32 Å². The van der Waals surface area contributed by atoms with Crippen LogP contribution in [0.2, 0.25) is 0 Å². The molecule has 7 nitrogen and oxygen atoms in total. The van der Waals surface area contributed by atoms with Gasteiger partial charge in [0.05, 0.1) is 27.7 Å². The van der Waals surface area contributed by atoms with Gasteiger partial charge < -0.3 is 5.32 Å². The third kappa shape index (κ3) is 5.44. The Morgan fingerprint density at radius 2 is 1.72 bits per heavy atom. The van der Waals surface area contributed by atoms with Crippen molar-refractivity contribution >= 4 is 21.4 Å². The highest BCUT2D eigenvalue weighted by Crippen LogP contribution is 2.24. The molecule has 0 aliphatic heterocycles. The second-order valence-electron chi connectivity index (χ2n) is 8.09. The fourth-order valence-corrected chi connectivity index (χ4v) is 4.20. The smallest absolute Gasteiger partial charge is 0.225 e. The van der Waals surface area contributed by atoms with E-state index < -0.39 is 9.84 Å². The lowest BCUT2D eigenvalue weighted by molar-refractivity contribution is -0.116. The Morgan fingerprint density at radius 3 is 2.31 bits per heavy atom. The van der Waals surface area contributed by atoms with E-state index in [4.69, 9.17) is 0 Å². The van der Waals surface area contributed by atoms with Gasteiger partial charge in [0.25, 0.3) is 0 Å². The van der Waals surface area contributed by atoms with E-state index >= 15 is 0 Å². The molecule has 0 radical (unpaired) electrons. The van der Waals surface area contributed by atoms with E-state index in [0.29, 0.717) is 17.9 Å². The molecule has 8 heteroatoms. The maximum Gasteiger partial charge on any atom is 0.225 e. The molecule has 0 saturated heterocycles. The van der Waals surface area contributed by atoms with Gasteiger partial charge in [-0.2, -0.15) is 5.10 Å². The Balaban J connectivity index is 1.61. The van der Waals surface area contributed by atoms with E-state index in [1.165, 1.54) is 6.26 Å². The fraction of sp³-hybridized carbons (Fsp3) is 0.333. The number of hydrogen-bond donors (Lipinski definition) is 1. The van der Waals surface area contributed by atoms with Gasteiger partial charge >= 0.3 is 0 Å². The van der Waals surface area contributed by atoms with E-state index in [0.717, 1.165) is 28.3 Å². The molecule has 0 aliphatic carbocycles. The highest BCUT2D eigenvalue weighted by Gasteiger charge is 2.17. The van der Waals surface area contributed by atoms with E-state index in [9.17, 15) is 13.2 Å². The van der Waals surface area contributed by atoms with Gasteiger partial charge in [-0.15, -0.1) is 0 Å². The number of anilines is 1. The molecule has 3 rings (SSSR count). The summed E-state index contributed by atoms with van der Waals surface area (Å²) < 4.78 is 25.1. The van der Waals surface area contributed by atoms with Gasteiger partial charge in [-0.05, 0) is 57.6 Å². The first-order valence-corrected chi connectivity index (χ1v) is 12.4. The molecule has 1 aromatic heterocycles. The summed E-state index contributed by atoms with van der Waals surface area (Å²) in [5, 5.41) is 7.58. The van der Waals surface area contributed by atoms with Crippen LogP contribution in [-0.4, -0.2) is 48.9 Å². The third-order valence-electron chi connectivity index (χ3n) is 5.70. The van der Waals surface area contributed by atoms with E-state index in [1.54, 1.807) is 12.1 Å². The van der Waals surface area contributed by atoms with Crippen LogP contribution in [0.3, 0.4) is 0 Å². The molecule has 1 unspecified atom stereocenters. The van der Waals surface area contributed by atoms with Crippen molar-refractivity contribution in [1.29, 1.82) is 0 Å². The standard InChI is InChI=1S/C24H30N4O3S/c1-17-24(19(3)28(26-17)21-9-7-6-8-10-21)25-23(29)15-16-27(4)18(2)20-11-13-22(14-12-20)32(5,30)31/h6-14,18H,15-16H2,1-5H3,(H,25,29). The second kappa shape index (κ2) is 9.67. The summed E-state index contributed by atoms with van der Waals surface area (Å²) in [5.41, 5.74) is 4.34. The van der Waals surface area contributed by atoms with Gasteiger partial charge in [-0.1, -0.05) is 30.3 Å². The first kappa shape index (κ1) is 23.7. The van der Waals surface area contributed by atoms with Gasteiger partial charge in [0.2, 0.25) is 5.91 Å². The molecular formula is C24H30N4O3S. The molecule has 0 aliphatic rings. The molecule has 0 fully saturated rings. The number of rotatable bonds is 8. The summed E-state index contributed by atoms with van der Waals surface area (Å²) in [7, 11) is -1.26. The molecule has 1 atom stereocenters. The number of nitrogens with zero attached hydrogens (tertiary/aromatic N) is 3. The van der Waals surface area contributed by atoms with Crippen LogP contribution in [0.25, 0.3) is 5.69 Å². The van der Waals surface area contributed by atoms with Crippen LogP contribution in [0.4, 0.5) is 5.69 Å². The monoisotopic (exact) mass is 454 g/mol. The summed E-state index contributed by atoms with van der Waals surface area (Å²) >= 11 is 0. The molecule has 0 spiro atoms.